The normalized spacial score (nSPS) is 16.0. The third kappa shape index (κ3) is 7.65. The van der Waals surface area contributed by atoms with Crippen LogP contribution < -0.4 is 16.0 Å². The summed E-state index contributed by atoms with van der Waals surface area (Å²) in [7, 11) is 1.69. The number of halogens is 1. The van der Waals surface area contributed by atoms with Crippen molar-refractivity contribution in [1.82, 2.24) is 20.9 Å². The van der Waals surface area contributed by atoms with Crippen LogP contribution in [0.4, 0.5) is 4.79 Å². The Bertz CT molecular complexity index is 415. The summed E-state index contributed by atoms with van der Waals surface area (Å²) in [6.07, 6.45) is 1.11. The maximum atomic E-state index is 11.5. The van der Waals surface area contributed by atoms with Crippen molar-refractivity contribution in [3.05, 3.63) is 0 Å². The summed E-state index contributed by atoms with van der Waals surface area (Å²) >= 11 is 0. The van der Waals surface area contributed by atoms with Gasteiger partial charge in [-0.05, 0) is 19.3 Å². The van der Waals surface area contributed by atoms with Crippen LogP contribution >= 0.6 is 24.0 Å². The minimum atomic E-state index is -0.337. The van der Waals surface area contributed by atoms with Gasteiger partial charge in [-0.2, -0.15) is 0 Å². The van der Waals surface area contributed by atoms with Crippen molar-refractivity contribution in [2.24, 2.45) is 10.9 Å². The van der Waals surface area contributed by atoms with E-state index in [1.54, 1.807) is 7.05 Å². The van der Waals surface area contributed by atoms with Gasteiger partial charge >= 0.3 is 6.03 Å². The van der Waals surface area contributed by atoms with Gasteiger partial charge in [0.25, 0.3) is 0 Å². The number of rotatable bonds is 9. The van der Waals surface area contributed by atoms with E-state index in [1.165, 1.54) is 4.90 Å². The molecule has 0 aromatic heterocycles. The van der Waals surface area contributed by atoms with Gasteiger partial charge in [0.2, 0.25) is 5.91 Å². The van der Waals surface area contributed by atoms with E-state index < -0.39 is 0 Å². The summed E-state index contributed by atoms with van der Waals surface area (Å²) in [6, 6.07) is -0.337. The molecule has 1 rings (SSSR count). The molecule has 0 saturated carbocycles. The van der Waals surface area contributed by atoms with Gasteiger partial charge in [-0.25, -0.2) is 4.79 Å². The summed E-state index contributed by atoms with van der Waals surface area (Å²) in [6.45, 7) is 8.60. The monoisotopic (exact) mass is 455 g/mol. The van der Waals surface area contributed by atoms with Gasteiger partial charge in [0.05, 0.1) is 12.6 Å². The van der Waals surface area contributed by atoms with Crippen molar-refractivity contribution in [3.63, 3.8) is 0 Å². The first-order chi connectivity index (χ1) is 11.0. The van der Waals surface area contributed by atoms with Crippen molar-refractivity contribution < 1.29 is 14.3 Å². The third-order valence-corrected chi connectivity index (χ3v) is 3.63. The number of carbonyl (C=O) groups is 2. The van der Waals surface area contributed by atoms with Crippen molar-refractivity contribution in [1.29, 1.82) is 0 Å². The number of imide groups is 1. The molecule has 1 heterocycles. The molecule has 1 aliphatic rings. The summed E-state index contributed by atoms with van der Waals surface area (Å²) < 4.78 is 5.70. The van der Waals surface area contributed by atoms with Crippen LogP contribution in [-0.4, -0.2) is 68.7 Å². The van der Waals surface area contributed by atoms with Crippen molar-refractivity contribution in [2.75, 3.05) is 39.8 Å². The number of hydrogen-bond donors (Lipinski definition) is 3. The Hall–Kier alpha value is -1.10. The van der Waals surface area contributed by atoms with Crippen molar-refractivity contribution in [2.45, 2.75) is 33.3 Å². The van der Waals surface area contributed by atoms with E-state index in [4.69, 9.17) is 4.74 Å². The lowest BCUT2D eigenvalue weighted by Crippen LogP contribution is -2.44. The summed E-state index contributed by atoms with van der Waals surface area (Å²) in [5, 5.41) is 8.80. The second-order valence-corrected chi connectivity index (χ2v) is 5.66. The molecule has 0 radical (unpaired) electrons. The quantitative estimate of drug-likeness (QED) is 0.207. The SMILES string of the molecule is CCOC(CCNC(=NC)NCCN1C(=O)CNC1=O)C(C)C.I. The highest BCUT2D eigenvalue weighted by atomic mass is 127. The molecular formula is C15H30IN5O3. The van der Waals surface area contributed by atoms with Crippen LogP contribution in [0.2, 0.25) is 0 Å². The van der Waals surface area contributed by atoms with E-state index in [2.05, 4.69) is 34.8 Å². The van der Waals surface area contributed by atoms with Crippen LogP contribution in [0.3, 0.4) is 0 Å². The Morgan fingerprint density at radius 1 is 1.33 bits per heavy atom. The molecule has 1 atom stereocenters. The Kier molecular flexibility index (Phi) is 11.7. The Balaban J connectivity index is 0.00000529. The number of carbonyl (C=O) groups excluding carboxylic acids is 2. The van der Waals surface area contributed by atoms with Crippen LogP contribution in [0.15, 0.2) is 4.99 Å². The number of ether oxygens (including phenoxy) is 1. The molecule has 8 nitrogen and oxygen atoms in total. The van der Waals surface area contributed by atoms with E-state index in [-0.39, 0.29) is 48.6 Å². The lowest BCUT2D eigenvalue weighted by atomic mass is 10.0. The number of hydrogen-bond acceptors (Lipinski definition) is 4. The minimum absolute atomic E-state index is 0. The van der Waals surface area contributed by atoms with Gasteiger partial charge in [-0.1, -0.05) is 13.8 Å². The highest BCUT2D eigenvalue weighted by Gasteiger charge is 2.27. The first-order valence-electron chi connectivity index (χ1n) is 8.13. The van der Waals surface area contributed by atoms with Crippen LogP contribution in [0.5, 0.6) is 0 Å². The van der Waals surface area contributed by atoms with E-state index in [9.17, 15) is 9.59 Å². The number of nitrogens with zero attached hydrogens (tertiary/aromatic N) is 2. The van der Waals surface area contributed by atoms with E-state index in [0.717, 1.165) is 13.0 Å². The van der Waals surface area contributed by atoms with Crippen LogP contribution in [0.1, 0.15) is 27.2 Å². The predicted octanol–water partition coefficient (Wildman–Crippen LogP) is 0.772. The molecule has 3 amide bonds. The van der Waals surface area contributed by atoms with Gasteiger partial charge in [0, 0.05) is 33.3 Å². The second kappa shape index (κ2) is 12.3. The predicted molar refractivity (Wildman–Crippen MR) is 105 cm³/mol. The van der Waals surface area contributed by atoms with Crippen molar-refractivity contribution >= 4 is 41.9 Å². The Morgan fingerprint density at radius 2 is 2.00 bits per heavy atom. The molecule has 140 valence electrons. The zero-order valence-electron chi connectivity index (χ0n) is 14.9. The number of aliphatic imine (C=N–C) groups is 1. The van der Waals surface area contributed by atoms with Gasteiger partial charge in [0.15, 0.2) is 5.96 Å². The molecule has 9 heteroatoms. The fourth-order valence-corrected chi connectivity index (χ4v) is 2.34. The van der Waals surface area contributed by atoms with Crippen LogP contribution in [0, 0.1) is 5.92 Å². The van der Waals surface area contributed by atoms with Gasteiger partial charge < -0.3 is 20.7 Å². The number of nitrogens with one attached hydrogen (secondary N) is 3. The highest BCUT2D eigenvalue weighted by molar-refractivity contribution is 14.0. The molecule has 0 aromatic carbocycles. The maximum Gasteiger partial charge on any atom is 0.324 e. The number of amides is 3. The molecular weight excluding hydrogens is 425 g/mol. The molecule has 24 heavy (non-hydrogen) atoms. The molecule has 0 aromatic rings. The smallest absolute Gasteiger partial charge is 0.324 e. The second-order valence-electron chi connectivity index (χ2n) is 5.66. The van der Waals surface area contributed by atoms with Crippen molar-refractivity contribution in [3.8, 4) is 0 Å². The number of urea groups is 1. The van der Waals surface area contributed by atoms with E-state index in [1.807, 2.05) is 6.92 Å². The topological polar surface area (TPSA) is 95.1 Å². The molecule has 3 N–H and O–H groups in total. The maximum absolute atomic E-state index is 11.5. The summed E-state index contributed by atoms with van der Waals surface area (Å²) in [5.41, 5.74) is 0. The average molecular weight is 455 g/mol. The fraction of sp³-hybridized carbons (Fsp3) is 0.800. The van der Waals surface area contributed by atoms with Gasteiger partial charge in [-0.15, -0.1) is 24.0 Å². The largest absolute Gasteiger partial charge is 0.378 e. The molecule has 1 saturated heterocycles. The Morgan fingerprint density at radius 3 is 2.50 bits per heavy atom. The van der Waals surface area contributed by atoms with Gasteiger partial charge in [-0.3, -0.25) is 14.7 Å². The Labute approximate surface area is 161 Å². The minimum Gasteiger partial charge on any atom is -0.378 e. The van der Waals surface area contributed by atoms with Crippen LogP contribution in [0.25, 0.3) is 0 Å². The third-order valence-electron chi connectivity index (χ3n) is 3.63. The van der Waals surface area contributed by atoms with E-state index in [0.29, 0.717) is 31.6 Å². The fourth-order valence-electron chi connectivity index (χ4n) is 2.34. The molecule has 1 unspecified atom stereocenters. The molecule has 0 aliphatic carbocycles. The molecule has 0 spiro atoms. The zero-order valence-corrected chi connectivity index (χ0v) is 17.3. The lowest BCUT2D eigenvalue weighted by molar-refractivity contribution is -0.124. The summed E-state index contributed by atoms with van der Waals surface area (Å²) in [4.78, 5) is 28.2. The molecule has 1 aliphatic heterocycles. The first-order valence-corrected chi connectivity index (χ1v) is 8.13. The first kappa shape index (κ1) is 22.9. The standard InChI is InChI=1S/C15H29N5O3.HI/c1-5-23-12(11(2)3)6-7-17-14(16-4)18-8-9-20-13(21)10-19-15(20)22;/h11-12H,5-10H2,1-4H3,(H,19,22)(H2,16,17,18);1H. The summed E-state index contributed by atoms with van der Waals surface area (Å²) in [5.74, 6) is 0.915. The molecule has 1 fully saturated rings. The van der Waals surface area contributed by atoms with Gasteiger partial charge in [0.1, 0.15) is 0 Å². The molecule has 0 bridgehead atoms. The number of guanidine groups is 1. The lowest BCUT2D eigenvalue weighted by Gasteiger charge is -2.21. The van der Waals surface area contributed by atoms with E-state index >= 15 is 0 Å². The zero-order chi connectivity index (χ0) is 17.2. The highest BCUT2D eigenvalue weighted by Crippen LogP contribution is 2.09. The average Bonchev–Trinajstić information content (AvgIpc) is 2.83. The van der Waals surface area contributed by atoms with Crippen LogP contribution in [-0.2, 0) is 9.53 Å².